The molecule has 9 nitrogen and oxygen atoms in total. The predicted octanol–water partition coefficient (Wildman–Crippen LogP) is 1.53. The molecule has 1 aromatic rings. The lowest BCUT2D eigenvalue weighted by Crippen LogP contribution is -2.38. The number of nitrogens with zero attached hydrogens (tertiary/aromatic N) is 1. The molecule has 132 valence electrons. The maximum Gasteiger partial charge on any atom is 0.306 e. The molecule has 0 bridgehead atoms. The van der Waals surface area contributed by atoms with Gasteiger partial charge in [0.2, 0.25) is 10.0 Å². The first-order chi connectivity index (χ1) is 11.2. The van der Waals surface area contributed by atoms with Crippen molar-refractivity contribution in [2.45, 2.75) is 36.6 Å². The van der Waals surface area contributed by atoms with E-state index in [9.17, 15) is 23.3 Å². The zero-order valence-electron chi connectivity index (χ0n) is 13.0. The zero-order chi connectivity index (χ0) is 17.9. The molecule has 1 aliphatic carbocycles. The molecule has 1 aliphatic rings. The van der Waals surface area contributed by atoms with Gasteiger partial charge < -0.3 is 9.84 Å². The maximum absolute atomic E-state index is 12.5. The fraction of sp³-hybridized carbons (Fsp3) is 0.500. The van der Waals surface area contributed by atoms with Gasteiger partial charge in [-0.2, -0.15) is 0 Å². The lowest BCUT2D eigenvalue weighted by Gasteiger charge is -2.26. The number of carboxylic acid groups (broad SMARTS) is 1. The Morgan fingerprint density at radius 2 is 1.96 bits per heavy atom. The van der Waals surface area contributed by atoms with E-state index in [-0.39, 0.29) is 22.4 Å². The van der Waals surface area contributed by atoms with Crippen LogP contribution in [0.15, 0.2) is 23.1 Å². The van der Waals surface area contributed by atoms with Crippen molar-refractivity contribution < 1.29 is 28.0 Å². The number of nitro groups is 1. The summed E-state index contributed by atoms with van der Waals surface area (Å²) in [5, 5.41) is 19.7. The summed E-state index contributed by atoms with van der Waals surface area (Å²) in [6, 6.07) is 2.90. The topological polar surface area (TPSA) is 136 Å². The second-order valence-corrected chi connectivity index (χ2v) is 7.28. The monoisotopic (exact) mass is 358 g/mol. The fourth-order valence-corrected chi connectivity index (χ4v) is 4.19. The Kier molecular flexibility index (Phi) is 5.40. The van der Waals surface area contributed by atoms with Crippen molar-refractivity contribution >= 4 is 21.7 Å². The molecule has 10 heteroatoms. The molecule has 0 radical (unpaired) electrons. The Labute approximate surface area is 138 Å². The molecule has 1 saturated carbocycles. The van der Waals surface area contributed by atoms with Gasteiger partial charge in [0.15, 0.2) is 0 Å². The van der Waals surface area contributed by atoms with Crippen molar-refractivity contribution in [3.05, 3.63) is 28.3 Å². The Bertz CT molecular complexity index is 739. The van der Waals surface area contributed by atoms with Crippen molar-refractivity contribution in [3.63, 3.8) is 0 Å². The molecule has 0 aliphatic heterocycles. The second kappa shape index (κ2) is 7.14. The molecular weight excluding hydrogens is 340 g/mol. The van der Waals surface area contributed by atoms with Crippen LogP contribution in [0.3, 0.4) is 0 Å². The highest BCUT2D eigenvalue weighted by atomic mass is 32.2. The molecule has 0 heterocycles. The van der Waals surface area contributed by atoms with Crippen LogP contribution in [-0.4, -0.2) is 37.6 Å². The minimum absolute atomic E-state index is 0.115. The summed E-state index contributed by atoms with van der Waals surface area (Å²) >= 11 is 0. The van der Waals surface area contributed by atoms with Gasteiger partial charge in [0.05, 0.1) is 24.0 Å². The number of nitrogens with one attached hydrogen (secondary N) is 1. The molecule has 1 aromatic carbocycles. The molecular formula is C14H18N2O7S. The first-order valence-electron chi connectivity index (χ1n) is 7.32. The third kappa shape index (κ3) is 4.01. The third-order valence-corrected chi connectivity index (χ3v) is 5.61. The van der Waals surface area contributed by atoms with Crippen molar-refractivity contribution in [3.8, 4) is 5.75 Å². The number of hydrogen-bond donors (Lipinski definition) is 2. The molecule has 0 spiro atoms. The van der Waals surface area contributed by atoms with Crippen molar-refractivity contribution in [2.24, 2.45) is 5.92 Å². The lowest BCUT2D eigenvalue weighted by molar-refractivity contribution is -0.385. The molecule has 0 atom stereocenters. The fourth-order valence-electron chi connectivity index (χ4n) is 2.73. The Hall–Kier alpha value is -2.20. The summed E-state index contributed by atoms with van der Waals surface area (Å²) in [5.74, 6) is -1.43. The Morgan fingerprint density at radius 1 is 1.33 bits per heavy atom. The normalized spacial score (nSPS) is 21.2. The lowest BCUT2D eigenvalue weighted by atomic mass is 9.87. The van der Waals surface area contributed by atoms with Crippen LogP contribution in [0.5, 0.6) is 5.75 Å². The number of carboxylic acids is 1. The molecule has 0 amide bonds. The Morgan fingerprint density at radius 3 is 2.46 bits per heavy atom. The number of hydrogen-bond acceptors (Lipinski definition) is 6. The van der Waals surface area contributed by atoms with Gasteiger partial charge in [-0.1, -0.05) is 0 Å². The van der Waals surface area contributed by atoms with Gasteiger partial charge in [0.1, 0.15) is 10.6 Å². The molecule has 24 heavy (non-hydrogen) atoms. The SMILES string of the molecule is COc1cc([N+](=O)[O-])ccc1S(=O)(=O)NC1CCC(C(=O)O)CC1. The highest BCUT2D eigenvalue weighted by Crippen LogP contribution is 2.30. The first kappa shape index (κ1) is 18.1. The zero-order valence-corrected chi connectivity index (χ0v) is 13.8. The van der Waals surface area contributed by atoms with Crippen LogP contribution in [0.4, 0.5) is 5.69 Å². The van der Waals surface area contributed by atoms with Gasteiger partial charge >= 0.3 is 5.97 Å². The number of sulfonamides is 1. The van der Waals surface area contributed by atoms with E-state index in [1.807, 2.05) is 0 Å². The van der Waals surface area contributed by atoms with E-state index in [0.717, 1.165) is 18.2 Å². The highest BCUT2D eigenvalue weighted by Gasteiger charge is 2.30. The molecule has 2 N–H and O–H groups in total. The summed E-state index contributed by atoms with van der Waals surface area (Å²) in [6.07, 6.45) is 1.65. The average molecular weight is 358 g/mol. The van der Waals surface area contributed by atoms with Crippen LogP contribution < -0.4 is 9.46 Å². The molecule has 0 saturated heterocycles. The van der Waals surface area contributed by atoms with E-state index < -0.39 is 26.8 Å². The summed E-state index contributed by atoms with van der Waals surface area (Å²) in [4.78, 5) is 20.9. The quantitative estimate of drug-likeness (QED) is 0.581. The number of aliphatic carboxylic acids is 1. The highest BCUT2D eigenvalue weighted by molar-refractivity contribution is 7.89. The smallest absolute Gasteiger partial charge is 0.306 e. The molecule has 2 rings (SSSR count). The van der Waals surface area contributed by atoms with Gasteiger partial charge in [-0.05, 0) is 31.7 Å². The minimum Gasteiger partial charge on any atom is -0.495 e. The van der Waals surface area contributed by atoms with E-state index in [2.05, 4.69) is 4.72 Å². The molecule has 0 unspecified atom stereocenters. The van der Waals surface area contributed by atoms with Crippen LogP contribution in [-0.2, 0) is 14.8 Å². The average Bonchev–Trinajstić information content (AvgIpc) is 2.54. The number of carbonyl (C=O) groups is 1. The summed E-state index contributed by atoms with van der Waals surface area (Å²) in [6.45, 7) is 0. The van der Waals surface area contributed by atoms with Gasteiger partial charge in [-0.25, -0.2) is 13.1 Å². The van der Waals surface area contributed by atoms with E-state index in [4.69, 9.17) is 9.84 Å². The molecule has 0 aromatic heterocycles. The number of rotatable bonds is 6. The number of non-ortho nitro benzene ring substituents is 1. The van der Waals surface area contributed by atoms with Crippen molar-refractivity contribution in [1.82, 2.24) is 4.72 Å². The van der Waals surface area contributed by atoms with E-state index >= 15 is 0 Å². The number of methoxy groups -OCH3 is 1. The van der Waals surface area contributed by atoms with Crippen LogP contribution >= 0.6 is 0 Å². The first-order valence-corrected chi connectivity index (χ1v) is 8.80. The van der Waals surface area contributed by atoms with E-state index in [1.54, 1.807) is 0 Å². The van der Waals surface area contributed by atoms with Gasteiger partial charge in [0, 0.05) is 12.1 Å². The number of ether oxygens (including phenoxy) is 1. The summed E-state index contributed by atoms with van der Waals surface area (Å²) < 4.78 is 32.5. The van der Waals surface area contributed by atoms with Gasteiger partial charge in [0.25, 0.3) is 5.69 Å². The predicted molar refractivity (Wildman–Crippen MR) is 83.4 cm³/mol. The second-order valence-electron chi connectivity index (χ2n) is 5.60. The number of benzene rings is 1. The van der Waals surface area contributed by atoms with Crippen molar-refractivity contribution in [1.29, 1.82) is 0 Å². The Balaban J connectivity index is 2.16. The van der Waals surface area contributed by atoms with Crippen LogP contribution in [0, 0.1) is 16.0 Å². The van der Waals surface area contributed by atoms with Crippen LogP contribution in [0.2, 0.25) is 0 Å². The minimum atomic E-state index is -3.93. The number of nitro benzene ring substituents is 1. The van der Waals surface area contributed by atoms with Gasteiger partial charge in [-0.15, -0.1) is 0 Å². The van der Waals surface area contributed by atoms with Crippen LogP contribution in [0.1, 0.15) is 25.7 Å². The van der Waals surface area contributed by atoms with E-state index in [1.165, 1.54) is 7.11 Å². The summed E-state index contributed by atoms with van der Waals surface area (Å²) in [5.41, 5.74) is -0.271. The standard InChI is InChI=1S/C14H18N2O7S/c1-23-12-8-11(16(19)20)6-7-13(12)24(21,22)15-10-4-2-9(3-5-10)14(17)18/h6-10,15H,2-5H2,1H3,(H,17,18). The van der Waals surface area contributed by atoms with E-state index in [0.29, 0.717) is 25.7 Å². The summed E-state index contributed by atoms with van der Waals surface area (Å²) in [7, 11) is -2.70. The van der Waals surface area contributed by atoms with Crippen LogP contribution in [0.25, 0.3) is 0 Å². The largest absolute Gasteiger partial charge is 0.495 e. The molecule has 1 fully saturated rings. The van der Waals surface area contributed by atoms with Crippen molar-refractivity contribution in [2.75, 3.05) is 7.11 Å². The maximum atomic E-state index is 12.5. The van der Waals surface area contributed by atoms with Gasteiger partial charge in [-0.3, -0.25) is 14.9 Å². The third-order valence-electron chi connectivity index (χ3n) is 4.05.